The van der Waals surface area contributed by atoms with Crippen LogP contribution in [0, 0.1) is 15.9 Å². The number of non-ortho nitro benzene ring substituents is 1. The molecular formula is C25H29FN4O4. The van der Waals surface area contributed by atoms with Crippen molar-refractivity contribution in [2.24, 2.45) is 0 Å². The van der Waals surface area contributed by atoms with Crippen LogP contribution in [0.3, 0.4) is 0 Å². The molecule has 2 heterocycles. The molecule has 34 heavy (non-hydrogen) atoms. The van der Waals surface area contributed by atoms with Gasteiger partial charge in [0, 0.05) is 56.0 Å². The molecular weight excluding hydrogens is 439 g/mol. The van der Waals surface area contributed by atoms with Crippen LogP contribution in [-0.2, 0) is 24.2 Å². The minimum Gasteiger partial charge on any atom is -0.381 e. The quantitative estimate of drug-likeness (QED) is 0.252. The van der Waals surface area contributed by atoms with Crippen LogP contribution in [0.25, 0.3) is 0 Å². The number of rotatable bonds is 11. The minimum absolute atomic E-state index is 0.0307. The van der Waals surface area contributed by atoms with Gasteiger partial charge in [-0.15, -0.1) is 0 Å². The van der Waals surface area contributed by atoms with E-state index in [4.69, 9.17) is 4.74 Å². The van der Waals surface area contributed by atoms with Crippen molar-refractivity contribution in [2.45, 2.75) is 46.2 Å². The molecule has 0 aliphatic rings. The molecule has 0 fully saturated rings. The molecule has 0 saturated carbocycles. The Labute approximate surface area is 197 Å². The van der Waals surface area contributed by atoms with Crippen LogP contribution in [0.2, 0.25) is 0 Å². The Morgan fingerprint density at radius 2 is 2.06 bits per heavy atom. The van der Waals surface area contributed by atoms with Crippen molar-refractivity contribution in [1.29, 1.82) is 0 Å². The van der Waals surface area contributed by atoms with Gasteiger partial charge in [0.2, 0.25) is 0 Å². The van der Waals surface area contributed by atoms with E-state index in [1.54, 1.807) is 12.4 Å². The van der Waals surface area contributed by atoms with E-state index in [0.717, 1.165) is 23.0 Å². The molecule has 1 N–H and O–H groups in total. The van der Waals surface area contributed by atoms with Gasteiger partial charge in [-0.1, -0.05) is 19.9 Å². The van der Waals surface area contributed by atoms with Gasteiger partial charge in [0.05, 0.1) is 23.2 Å². The van der Waals surface area contributed by atoms with Crippen molar-refractivity contribution in [3.05, 3.63) is 92.8 Å². The van der Waals surface area contributed by atoms with E-state index >= 15 is 0 Å². The summed E-state index contributed by atoms with van der Waals surface area (Å²) >= 11 is 0. The SMILES string of the molecule is CCOCCc1cc(C(=O)NCc2cc(F)cc([N+](=O)[O-])c2)c(C(C)C)n1Cc1cccnc1. The zero-order valence-electron chi connectivity index (χ0n) is 19.6. The molecule has 9 heteroatoms. The number of carbonyl (C=O) groups excluding carboxylic acids is 1. The standard InChI is InChI=1S/C25H29FN4O4/c1-4-34-9-7-21-13-23(24(17(2)3)29(21)16-18-6-5-8-27-14-18)25(31)28-15-19-10-20(26)12-22(11-19)30(32)33/h5-6,8,10-14,17H,4,7,9,15-16H2,1-3H3,(H,28,31). The van der Waals surface area contributed by atoms with Gasteiger partial charge in [-0.3, -0.25) is 19.9 Å². The van der Waals surface area contributed by atoms with E-state index in [1.807, 2.05) is 39.0 Å². The van der Waals surface area contributed by atoms with Crippen molar-refractivity contribution in [2.75, 3.05) is 13.2 Å². The van der Waals surface area contributed by atoms with Crippen molar-refractivity contribution in [1.82, 2.24) is 14.9 Å². The number of halogens is 1. The summed E-state index contributed by atoms with van der Waals surface area (Å²) in [4.78, 5) is 27.8. The molecule has 3 aromatic rings. The van der Waals surface area contributed by atoms with E-state index < -0.39 is 10.7 Å². The summed E-state index contributed by atoms with van der Waals surface area (Å²) in [7, 11) is 0. The Hall–Kier alpha value is -3.59. The third kappa shape index (κ3) is 6.26. The van der Waals surface area contributed by atoms with Crippen LogP contribution >= 0.6 is 0 Å². The number of hydrogen-bond acceptors (Lipinski definition) is 5. The van der Waals surface area contributed by atoms with Gasteiger partial charge < -0.3 is 14.6 Å². The normalized spacial score (nSPS) is 11.1. The Morgan fingerprint density at radius 3 is 2.71 bits per heavy atom. The van der Waals surface area contributed by atoms with Gasteiger partial charge in [-0.25, -0.2) is 4.39 Å². The second kappa shape index (κ2) is 11.5. The number of aromatic nitrogens is 2. The maximum Gasteiger partial charge on any atom is 0.272 e. The Bertz CT molecular complexity index is 1150. The predicted molar refractivity (Wildman–Crippen MR) is 126 cm³/mol. The lowest BCUT2D eigenvalue weighted by Gasteiger charge is -2.17. The third-order valence-electron chi connectivity index (χ3n) is 5.39. The second-order valence-corrected chi connectivity index (χ2v) is 8.24. The number of benzene rings is 1. The number of carbonyl (C=O) groups is 1. The highest BCUT2D eigenvalue weighted by Gasteiger charge is 2.23. The summed E-state index contributed by atoms with van der Waals surface area (Å²) in [5.74, 6) is -0.992. The molecule has 0 saturated heterocycles. The molecule has 180 valence electrons. The molecule has 0 unspecified atom stereocenters. The van der Waals surface area contributed by atoms with Crippen LogP contribution in [-0.4, -0.2) is 33.6 Å². The van der Waals surface area contributed by atoms with Crippen molar-refractivity contribution in [3.8, 4) is 0 Å². The highest BCUT2D eigenvalue weighted by atomic mass is 19.1. The number of hydrogen-bond donors (Lipinski definition) is 1. The lowest BCUT2D eigenvalue weighted by Crippen LogP contribution is -2.24. The van der Waals surface area contributed by atoms with Crippen molar-refractivity contribution >= 4 is 11.6 Å². The molecule has 0 atom stereocenters. The molecule has 0 aliphatic carbocycles. The molecule has 3 rings (SSSR count). The third-order valence-corrected chi connectivity index (χ3v) is 5.39. The van der Waals surface area contributed by atoms with E-state index in [1.165, 1.54) is 12.1 Å². The fraction of sp³-hybridized carbons (Fsp3) is 0.360. The van der Waals surface area contributed by atoms with Gasteiger partial charge in [0.15, 0.2) is 0 Å². The topological polar surface area (TPSA) is 99.3 Å². The Morgan fingerprint density at radius 1 is 1.26 bits per heavy atom. The Balaban J connectivity index is 1.90. The highest BCUT2D eigenvalue weighted by molar-refractivity contribution is 5.96. The molecule has 0 aliphatic heterocycles. The number of nitro benzene ring substituents is 1. The number of nitrogens with zero attached hydrogens (tertiary/aromatic N) is 3. The average molecular weight is 469 g/mol. The van der Waals surface area contributed by atoms with Crippen LogP contribution in [0.4, 0.5) is 10.1 Å². The van der Waals surface area contributed by atoms with E-state index in [-0.39, 0.29) is 24.1 Å². The molecule has 0 radical (unpaired) electrons. The summed E-state index contributed by atoms with van der Waals surface area (Å²) in [5.41, 5.74) is 3.34. The Kier molecular flexibility index (Phi) is 8.48. The summed E-state index contributed by atoms with van der Waals surface area (Å²) in [6, 6.07) is 9.02. The van der Waals surface area contributed by atoms with Crippen LogP contribution in [0.15, 0.2) is 48.8 Å². The van der Waals surface area contributed by atoms with E-state index in [0.29, 0.717) is 37.3 Å². The summed E-state index contributed by atoms with van der Waals surface area (Å²) in [6.07, 6.45) is 4.15. The van der Waals surface area contributed by atoms with Crippen molar-refractivity contribution < 1.29 is 18.8 Å². The summed E-state index contributed by atoms with van der Waals surface area (Å²) in [5, 5.41) is 13.8. The first kappa shape index (κ1) is 25.0. The molecule has 0 bridgehead atoms. The smallest absolute Gasteiger partial charge is 0.272 e. The lowest BCUT2D eigenvalue weighted by molar-refractivity contribution is -0.385. The van der Waals surface area contributed by atoms with Crippen LogP contribution in [0.1, 0.15) is 59.6 Å². The lowest BCUT2D eigenvalue weighted by atomic mass is 10.0. The van der Waals surface area contributed by atoms with E-state index in [2.05, 4.69) is 14.9 Å². The summed E-state index contributed by atoms with van der Waals surface area (Å²) < 4.78 is 21.4. The zero-order valence-corrected chi connectivity index (χ0v) is 19.6. The van der Waals surface area contributed by atoms with Gasteiger partial charge in [0.25, 0.3) is 11.6 Å². The van der Waals surface area contributed by atoms with Gasteiger partial charge in [-0.05, 0) is 42.2 Å². The number of nitrogens with one attached hydrogen (secondary N) is 1. The highest BCUT2D eigenvalue weighted by Crippen LogP contribution is 2.26. The van der Waals surface area contributed by atoms with Crippen LogP contribution in [0.5, 0.6) is 0 Å². The maximum atomic E-state index is 13.8. The number of nitro groups is 1. The molecule has 1 amide bonds. The monoisotopic (exact) mass is 468 g/mol. The predicted octanol–water partition coefficient (Wildman–Crippen LogP) is 4.61. The first-order valence-corrected chi connectivity index (χ1v) is 11.2. The second-order valence-electron chi connectivity index (χ2n) is 8.24. The minimum atomic E-state index is -0.720. The van der Waals surface area contributed by atoms with Gasteiger partial charge >= 0.3 is 0 Å². The average Bonchev–Trinajstić information content (AvgIpc) is 3.16. The van der Waals surface area contributed by atoms with Crippen LogP contribution < -0.4 is 5.32 Å². The number of pyridine rings is 1. The molecule has 0 spiro atoms. The molecule has 8 nitrogen and oxygen atoms in total. The fourth-order valence-corrected chi connectivity index (χ4v) is 3.93. The van der Waals surface area contributed by atoms with Gasteiger partial charge in [-0.2, -0.15) is 0 Å². The number of amides is 1. The largest absolute Gasteiger partial charge is 0.381 e. The first-order chi connectivity index (χ1) is 16.3. The molecule has 1 aromatic carbocycles. The van der Waals surface area contributed by atoms with Crippen molar-refractivity contribution in [3.63, 3.8) is 0 Å². The molecule has 2 aromatic heterocycles. The zero-order chi connectivity index (χ0) is 24.7. The van der Waals surface area contributed by atoms with E-state index in [9.17, 15) is 19.3 Å². The fourth-order valence-electron chi connectivity index (χ4n) is 3.93. The van der Waals surface area contributed by atoms with Gasteiger partial charge in [0.1, 0.15) is 5.82 Å². The first-order valence-electron chi connectivity index (χ1n) is 11.2. The summed E-state index contributed by atoms with van der Waals surface area (Å²) in [6.45, 7) is 7.64. The number of ether oxygens (including phenoxy) is 1. The maximum absolute atomic E-state index is 13.8.